The zero-order valence-corrected chi connectivity index (χ0v) is 11.2. The van der Waals surface area contributed by atoms with Crippen molar-refractivity contribution in [3.63, 3.8) is 0 Å². The Bertz CT molecular complexity index is 695. The van der Waals surface area contributed by atoms with Gasteiger partial charge in [-0.2, -0.15) is 5.26 Å². The molecule has 2 aromatic rings. The number of hydrogen-bond donors (Lipinski definition) is 0. The molecule has 0 N–H and O–H groups in total. The Morgan fingerprint density at radius 3 is 2.89 bits per heavy atom. The van der Waals surface area contributed by atoms with E-state index >= 15 is 0 Å². The van der Waals surface area contributed by atoms with Gasteiger partial charge in [-0.05, 0) is 25.0 Å². The summed E-state index contributed by atoms with van der Waals surface area (Å²) < 4.78 is 6.58. The number of aromatic nitrogens is 1. The van der Waals surface area contributed by atoms with Crippen molar-refractivity contribution in [1.29, 1.82) is 5.26 Å². The molecule has 18 heavy (non-hydrogen) atoms. The number of rotatable bonds is 3. The Labute approximate surface area is 113 Å². The molecule has 0 aliphatic carbocycles. The quantitative estimate of drug-likeness (QED) is 0.811. The molecule has 0 saturated heterocycles. The van der Waals surface area contributed by atoms with E-state index in [9.17, 15) is 4.79 Å². The number of halogens is 2. The van der Waals surface area contributed by atoms with Crippen molar-refractivity contribution >= 4 is 34.3 Å². The Hall–Kier alpha value is -1.44. The van der Waals surface area contributed by atoms with Crippen molar-refractivity contribution in [1.82, 2.24) is 4.57 Å². The summed E-state index contributed by atoms with van der Waals surface area (Å²) in [5.41, 5.74) is 1.60. The van der Waals surface area contributed by atoms with Gasteiger partial charge < -0.3 is 4.42 Å². The molecule has 0 saturated carbocycles. The van der Waals surface area contributed by atoms with E-state index in [1.54, 1.807) is 13.0 Å². The van der Waals surface area contributed by atoms with E-state index in [2.05, 4.69) is 0 Å². The number of nitriles is 1. The number of oxazole rings is 1. The van der Waals surface area contributed by atoms with E-state index in [1.807, 2.05) is 6.07 Å². The highest BCUT2D eigenvalue weighted by molar-refractivity contribution is 6.39. The maximum Gasteiger partial charge on any atom is 0.420 e. The first-order valence-corrected chi connectivity index (χ1v) is 6.16. The van der Waals surface area contributed by atoms with Crippen molar-refractivity contribution in [2.45, 2.75) is 26.3 Å². The van der Waals surface area contributed by atoms with Gasteiger partial charge in [0, 0.05) is 18.0 Å². The highest BCUT2D eigenvalue weighted by Gasteiger charge is 2.15. The van der Waals surface area contributed by atoms with Crippen LogP contribution in [0.2, 0.25) is 10.0 Å². The second kappa shape index (κ2) is 5.05. The van der Waals surface area contributed by atoms with Crippen LogP contribution in [0.4, 0.5) is 0 Å². The molecule has 0 radical (unpaired) electrons. The van der Waals surface area contributed by atoms with Crippen LogP contribution in [0.5, 0.6) is 0 Å². The standard InChI is InChI=1S/C12H10Cl2N2O2/c1-7-8(13)6-9-11(10(7)14)18-12(17)16(9)5-3-2-4-15/h6H,2-3,5H2,1H3. The third kappa shape index (κ3) is 2.12. The predicted molar refractivity (Wildman–Crippen MR) is 70.1 cm³/mol. The monoisotopic (exact) mass is 284 g/mol. The number of unbranched alkanes of at least 4 members (excludes halogenated alkanes) is 1. The summed E-state index contributed by atoms with van der Waals surface area (Å²) in [6.07, 6.45) is 0.959. The summed E-state index contributed by atoms with van der Waals surface area (Å²) in [5.74, 6) is -0.480. The molecular formula is C12H10Cl2N2O2. The van der Waals surface area contributed by atoms with E-state index in [0.717, 1.165) is 0 Å². The van der Waals surface area contributed by atoms with Crippen LogP contribution < -0.4 is 5.76 Å². The molecule has 1 aromatic heterocycles. The fourth-order valence-electron chi connectivity index (χ4n) is 1.75. The predicted octanol–water partition coefficient (Wildman–Crippen LogP) is 3.51. The van der Waals surface area contributed by atoms with Gasteiger partial charge in [0.05, 0.1) is 16.6 Å². The lowest BCUT2D eigenvalue weighted by Crippen LogP contribution is -2.13. The van der Waals surface area contributed by atoms with Crippen LogP contribution in [0.1, 0.15) is 18.4 Å². The van der Waals surface area contributed by atoms with E-state index in [1.165, 1.54) is 4.57 Å². The highest BCUT2D eigenvalue weighted by atomic mass is 35.5. The van der Waals surface area contributed by atoms with Crippen LogP contribution >= 0.6 is 23.2 Å². The zero-order valence-electron chi connectivity index (χ0n) is 9.67. The summed E-state index contributed by atoms with van der Waals surface area (Å²) in [6.45, 7) is 2.17. The van der Waals surface area contributed by atoms with Crippen LogP contribution in [0.3, 0.4) is 0 Å². The molecule has 0 aliphatic rings. The number of fused-ring (bicyclic) bond motifs is 1. The van der Waals surface area contributed by atoms with Crippen molar-refractivity contribution in [2.24, 2.45) is 0 Å². The van der Waals surface area contributed by atoms with Crippen LogP contribution in [0.15, 0.2) is 15.3 Å². The Balaban J connectivity index is 2.58. The molecule has 0 fully saturated rings. The number of hydrogen-bond acceptors (Lipinski definition) is 3. The van der Waals surface area contributed by atoms with Crippen LogP contribution in [0, 0.1) is 18.3 Å². The SMILES string of the molecule is Cc1c(Cl)cc2c(oc(=O)n2CCCC#N)c1Cl. The van der Waals surface area contributed by atoms with Gasteiger partial charge in [0.2, 0.25) is 0 Å². The number of aryl methyl sites for hydroxylation is 1. The molecular weight excluding hydrogens is 275 g/mol. The molecule has 1 heterocycles. The largest absolute Gasteiger partial charge is 0.420 e. The maximum absolute atomic E-state index is 11.7. The molecule has 0 bridgehead atoms. The average molecular weight is 285 g/mol. The minimum atomic E-state index is -0.480. The molecule has 0 atom stereocenters. The third-order valence-corrected chi connectivity index (χ3v) is 3.60. The fourth-order valence-corrected chi connectivity index (χ4v) is 2.23. The van der Waals surface area contributed by atoms with Gasteiger partial charge in [0.1, 0.15) is 0 Å². The van der Waals surface area contributed by atoms with Gasteiger partial charge in [-0.3, -0.25) is 4.57 Å². The normalized spacial score (nSPS) is 10.8. The number of benzene rings is 1. The van der Waals surface area contributed by atoms with Gasteiger partial charge >= 0.3 is 5.76 Å². The van der Waals surface area contributed by atoms with Crippen molar-refractivity contribution in [3.05, 3.63) is 32.2 Å². The summed E-state index contributed by atoms with van der Waals surface area (Å²) in [5, 5.41) is 9.34. The lowest BCUT2D eigenvalue weighted by molar-refractivity contribution is 0.499. The minimum absolute atomic E-state index is 0.348. The van der Waals surface area contributed by atoms with Crippen LogP contribution in [-0.2, 0) is 6.54 Å². The first-order valence-electron chi connectivity index (χ1n) is 5.41. The highest BCUT2D eigenvalue weighted by Crippen LogP contribution is 2.32. The molecule has 0 unspecified atom stereocenters. The van der Waals surface area contributed by atoms with E-state index in [4.69, 9.17) is 32.9 Å². The maximum atomic E-state index is 11.7. The van der Waals surface area contributed by atoms with Gasteiger partial charge in [-0.15, -0.1) is 0 Å². The van der Waals surface area contributed by atoms with E-state index in [0.29, 0.717) is 46.1 Å². The Morgan fingerprint density at radius 1 is 1.50 bits per heavy atom. The Kier molecular flexibility index (Phi) is 3.65. The molecule has 0 amide bonds. The first-order chi connectivity index (χ1) is 8.56. The van der Waals surface area contributed by atoms with Gasteiger partial charge in [0.15, 0.2) is 5.58 Å². The molecule has 0 spiro atoms. The molecule has 4 nitrogen and oxygen atoms in total. The summed E-state index contributed by atoms with van der Waals surface area (Å²) in [6, 6.07) is 3.69. The van der Waals surface area contributed by atoms with Crippen molar-refractivity contribution in [2.75, 3.05) is 0 Å². The fraction of sp³-hybridized carbons (Fsp3) is 0.333. The lowest BCUT2D eigenvalue weighted by atomic mass is 10.2. The average Bonchev–Trinajstić information content (AvgIpc) is 2.65. The van der Waals surface area contributed by atoms with Crippen molar-refractivity contribution in [3.8, 4) is 6.07 Å². The summed E-state index contributed by atoms with van der Waals surface area (Å²) in [4.78, 5) is 11.7. The van der Waals surface area contributed by atoms with E-state index < -0.39 is 5.76 Å². The molecule has 94 valence electrons. The topological polar surface area (TPSA) is 58.9 Å². The molecule has 6 heteroatoms. The second-order valence-corrected chi connectivity index (χ2v) is 4.71. The smallest absolute Gasteiger partial charge is 0.406 e. The van der Waals surface area contributed by atoms with Crippen LogP contribution in [-0.4, -0.2) is 4.57 Å². The number of nitrogens with zero attached hydrogens (tertiary/aromatic N) is 2. The Morgan fingerprint density at radius 2 is 2.22 bits per heavy atom. The summed E-state index contributed by atoms with van der Waals surface area (Å²) in [7, 11) is 0. The molecule has 2 rings (SSSR count). The van der Waals surface area contributed by atoms with Gasteiger partial charge in [-0.1, -0.05) is 23.2 Å². The van der Waals surface area contributed by atoms with Crippen molar-refractivity contribution < 1.29 is 4.42 Å². The molecule has 0 aliphatic heterocycles. The van der Waals surface area contributed by atoms with Crippen LogP contribution in [0.25, 0.3) is 11.1 Å². The first kappa shape index (κ1) is 13.0. The van der Waals surface area contributed by atoms with Gasteiger partial charge in [0.25, 0.3) is 0 Å². The summed E-state index contributed by atoms with van der Waals surface area (Å²) >= 11 is 12.1. The lowest BCUT2D eigenvalue weighted by Gasteiger charge is -2.03. The third-order valence-electron chi connectivity index (χ3n) is 2.75. The second-order valence-electron chi connectivity index (χ2n) is 3.93. The zero-order chi connectivity index (χ0) is 13.3. The van der Waals surface area contributed by atoms with Gasteiger partial charge in [-0.25, -0.2) is 4.79 Å². The minimum Gasteiger partial charge on any atom is -0.406 e. The molecule has 1 aromatic carbocycles. The van der Waals surface area contributed by atoms with E-state index in [-0.39, 0.29) is 0 Å².